The molecule has 3 nitrogen and oxygen atoms in total. The van der Waals surface area contributed by atoms with Gasteiger partial charge in [-0.1, -0.05) is 6.58 Å². The van der Waals surface area contributed by atoms with E-state index in [0.717, 1.165) is 6.08 Å². The van der Waals surface area contributed by atoms with Gasteiger partial charge in [0, 0.05) is 6.08 Å². The summed E-state index contributed by atoms with van der Waals surface area (Å²) in [6, 6.07) is 0. The summed E-state index contributed by atoms with van der Waals surface area (Å²) < 4.78 is 4.40. The molecule has 0 aliphatic heterocycles. The molecule has 0 rings (SSSR count). The highest BCUT2D eigenvalue weighted by Gasteiger charge is 1.94. The molecule has 0 saturated carbocycles. The van der Waals surface area contributed by atoms with Crippen LogP contribution in [0.3, 0.4) is 0 Å². The van der Waals surface area contributed by atoms with Crippen molar-refractivity contribution in [1.29, 1.82) is 0 Å². The summed E-state index contributed by atoms with van der Waals surface area (Å²) in [6.07, 6.45) is 1.73. The maximum Gasteiger partial charge on any atom is 0.335 e. The second kappa shape index (κ2) is 3.72. The Hall–Kier alpha value is -1.25. The smallest absolute Gasteiger partial charge is 0.335 e. The molecule has 0 fully saturated rings. The van der Waals surface area contributed by atoms with Gasteiger partial charge in [0.15, 0.2) is 0 Å². The molecule has 0 unspecified atom stereocenters. The van der Waals surface area contributed by atoms with Crippen LogP contribution >= 0.6 is 0 Å². The van der Waals surface area contributed by atoms with Crippen molar-refractivity contribution >= 4 is 5.97 Å². The van der Waals surface area contributed by atoms with Crippen molar-refractivity contribution in [3.8, 4) is 0 Å². The maximum atomic E-state index is 10.3. The summed E-state index contributed by atoms with van der Waals surface area (Å²) in [6.45, 7) is 4.62. The van der Waals surface area contributed by atoms with Crippen LogP contribution in [0.5, 0.6) is 0 Å². The minimum absolute atomic E-state index is 0.153. The lowest BCUT2D eigenvalue weighted by molar-refractivity contribution is -0.133. The largest absolute Gasteiger partial charge is 0.512 e. The van der Waals surface area contributed by atoms with E-state index in [2.05, 4.69) is 11.3 Å². The van der Waals surface area contributed by atoms with Gasteiger partial charge in [0.2, 0.25) is 0 Å². The lowest BCUT2D eigenvalue weighted by Gasteiger charge is -1.95. The predicted molar refractivity (Wildman–Crippen MR) is 32.7 cm³/mol. The Balaban J connectivity index is 3.74. The Bertz CT molecular complexity index is 146. The Morgan fingerprint density at radius 3 is 2.67 bits per heavy atom. The first-order chi connectivity index (χ1) is 4.20. The molecule has 0 saturated heterocycles. The van der Waals surface area contributed by atoms with E-state index in [4.69, 9.17) is 5.11 Å². The van der Waals surface area contributed by atoms with Gasteiger partial charge in [0.05, 0.1) is 0 Å². The van der Waals surface area contributed by atoms with Gasteiger partial charge >= 0.3 is 5.97 Å². The average molecular weight is 128 g/mol. The molecule has 0 spiro atoms. The molecule has 0 aromatic rings. The molecule has 0 aromatic carbocycles. The summed E-state index contributed by atoms with van der Waals surface area (Å²) >= 11 is 0. The molecule has 50 valence electrons. The number of aliphatic hydroxyl groups excluding tert-OH is 1. The van der Waals surface area contributed by atoms with Crippen LogP contribution in [0.4, 0.5) is 0 Å². The summed E-state index contributed by atoms with van der Waals surface area (Å²) in [4.78, 5) is 10.3. The fourth-order valence-electron chi connectivity index (χ4n) is 0.227. The molecule has 0 aliphatic rings. The fraction of sp³-hybridized carbons (Fsp3) is 0.167. The third kappa shape index (κ3) is 3.34. The SMILES string of the molecule is C=CC(=O)OC(C)=CO. The number of carbonyl (C=O) groups is 1. The highest BCUT2D eigenvalue weighted by Crippen LogP contribution is 1.93. The zero-order chi connectivity index (χ0) is 7.28. The normalized spacial score (nSPS) is 10.6. The van der Waals surface area contributed by atoms with Gasteiger partial charge in [-0.2, -0.15) is 0 Å². The summed E-state index contributed by atoms with van der Waals surface area (Å²) in [7, 11) is 0. The summed E-state index contributed by atoms with van der Waals surface area (Å²) in [5.74, 6) is -0.419. The van der Waals surface area contributed by atoms with E-state index in [1.807, 2.05) is 0 Å². The molecule has 0 aromatic heterocycles. The number of hydrogen-bond acceptors (Lipinski definition) is 3. The van der Waals surface area contributed by atoms with Crippen molar-refractivity contribution in [3.63, 3.8) is 0 Å². The molecular formula is C6H8O3. The number of esters is 1. The molecule has 0 heterocycles. The maximum absolute atomic E-state index is 10.3. The predicted octanol–water partition coefficient (Wildman–Crippen LogP) is 1.13. The van der Waals surface area contributed by atoms with Gasteiger partial charge in [0.25, 0.3) is 0 Å². The van der Waals surface area contributed by atoms with E-state index in [9.17, 15) is 4.79 Å². The summed E-state index contributed by atoms with van der Waals surface area (Å²) in [5, 5.41) is 8.21. The van der Waals surface area contributed by atoms with Crippen LogP contribution in [0.1, 0.15) is 6.92 Å². The lowest BCUT2D eigenvalue weighted by atomic mass is 10.6. The topological polar surface area (TPSA) is 46.5 Å². The van der Waals surface area contributed by atoms with Crippen molar-refractivity contribution in [1.82, 2.24) is 0 Å². The second-order valence-electron chi connectivity index (χ2n) is 1.36. The van der Waals surface area contributed by atoms with E-state index in [1.165, 1.54) is 6.92 Å². The van der Waals surface area contributed by atoms with E-state index < -0.39 is 5.97 Å². The van der Waals surface area contributed by atoms with E-state index in [0.29, 0.717) is 6.26 Å². The minimum atomic E-state index is -0.571. The highest BCUT2D eigenvalue weighted by atomic mass is 16.5. The van der Waals surface area contributed by atoms with Crippen LogP contribution < -0.4 is 0 Å². The molecule has 9 heavy (non-hydrogen) atoms. The molecule has 0 atom stereocenters. The first kappa shape index (κ1) is 7.75. The lowest BCUT2D eigenvalue weighted by Crippen LogP contribution is -1.96. The summed E-state index contributed by atoms with van der Waals surface area (Å²) in [5.41, 5.74) is 0. The quantitative estimate of drug-likeness (QED) is 0.344. The number of allylic oxidation sites excluding steroid dienone is 1. The van der Waals surface area contributed by atoms with Crippen LogP contribution in [-0.4, -0.2) is 11.1 Å². The molecule has 0 radical (unpaired) electrons. The monoisotopic (exact) mass is 128 g/mol. The van der Waals surface area contributed by atoms with Gasteiger partial charge in [0.1, 0.15) is 12.0 Å². The third-order valence-electron chi connectivity index (χ3n) is 0.610. The number of ether oxygens (including phenoxy) is 1. The van der Waals surface area contributed by atoms with E-state index in [-0.39, 0.29) is 5.76 Å². The third-order valence-corrected chi connectivity index (χ3v) is 0.610. The molecular weight excluding hydrogens is 120 g/mol. The number of carbonyl (C=O) groups excluding carboxylic acids is 1. The van der Waals surface area contributed by atoms with Crippen LogP contribution in [0.25, 0.3) is 0 Å². The first-order valence-corrected chi connectivity index (χ1v) is 2.36. The number of hydrogen-bond donors (Lipinski definition) is 1. The Kier molecular flexibility index (Phi) is 3.20. The van der Waals surface area contributed by atoms with Crippen LogP contribution in [0.15, 0.2) is 24.7 Å². The Labute approximate surface area is 53.3 Å². The van der Waals surface area contributed by atoms with Gasteiger partial charge in [-0.25, -0.2) is 4.79 Å². The Morgan fingerprint density at radius 1 is 1.78 bits per heavy atom. The van der Waals surface area contributed by atoms with Gasteiger partial charge in [-0.05, 0) is 6.92 Å². The van der Waals surface area contributed by atoms with Gasteiger partial charge < -0.3 is 9.84 Å². The highest BCUT2D eigenvalue weighted by molar-refractivity contribution is 5.81. The van der Waals surface area contributed by atoms with Crippen LogP contribution in [0, 0.1) is 0 Å². The molecule has 0 bridgehead atoms. The van der Waals surface area contributed by atoms with Crippen molar-refractivity contribution in [2.24, 2.45) is 0 Å². The second-order valence-corrected chi connectivity index (χ2v) is 1.36. The van der Waals surface area contributed by atoms with Gasteiger partial charge in [-0.15, -0.1) is 0 Å². The van der Waals surface area contributed by atoms with Crippen LogP contribution in [-0.2, 0) is 9.53 Å². The van der Waals surface area contributed by atoms with Crippen LogP contribution in [0.2, 0.25) is 0 Å². The molecule has 0 aliphatic carbocycles. The van der Waals surface area contributed by atoms with E-state index in [1.54, 1.807) is 0 Å². The van der Waals surface area contributed by atoms with Crippen molar-refractivity contribution in [2.75, 3.05) is 0 Å². The number of aliphatic hydroxyl groups is 1. The van der Waals surface area contributed by atoms with Crippen molar-refractivity contribution in [2.45, 2.75) is 6.92 Å². The first-order valence-electron chi connectivity index (χ1n) is 2.36. The van der Waals surface area contributed by atoms with Crippen molar-refractivity contribution < 1.29 is 14.6 Å². The molecule has 0 amide bonds. The fourth-order valence-corrected chi connectivity index (χ4v) is 0.227. The zero-order valence-corrected chi connectivity index (χ0v) is 5.13. The van der Waals surface area contributed by atoms with E-state index >= 15 is 0 Å². The minimum Gasteiger partial charge on any atom is -0.512 e. The molecule has 3 heteroatoms. The van der Waals surface area contributed by atoms with Crippen molar-refractivity contribution in [3.05, 3.63) is 24.7 Å². The zero-order valence-electron chi connectivity index (χ0n) is 5.13. The Morgan fingerprint density at radius 2 is 2.33 bits per heavy atom. The number of rotatable bonds is 2. The molecule has 1 N–H and O–H groups in total. The standard InChI is InChI=1S/C6H8O3/c1-3-6(8)9-5(2)4-7/h3-4,7H,1H2,2H3. The van der Waals surface area contributed by atoms with Gasteiger partial charge in [-0.3, -0.25) is 0 Å². The average Bonchev–Trinajstić information content (AvgIpc) is 1.87.